The standard InChI is InChI=1S/C9H17NO2/c1-7(6-11)9(12-2)8-4-3-5-10-8/h6-10H,3-5H2,1-2H3/t7-,8-,9+/m0/s1. The fourth-order valence-corrected chi connectivity index (χ4v) is 1.81. The highest BCUT2D eigenvalue weighted by atomic mass is 16.5. The number of carbonyl (C=O) groups excluding carboxylic acids is 1. The van der Waals surface area contributed by atoms with Gasteiger partial charge in [0.15, 0.2) is 0 Å². The number of hydrogen-bond acceptors (Lipinski definition) is 3. The SMILES string of the molecule is CO[C@@H]([C@@H]1CCCN1)[C@@H](C)C=O. The molecule has 1 heterocycles. The van der Waals surface area contributed by atoms with Gasteiger partial charge in [0.05, 0.1) is 6.10 Å². The Morgan fingerprint density at radius 2 is 2.42 bits per heavy atom. The van der Waals surface area contributed by atoms with Crippen molar-refractivity contribution in [2.75, 3.05) is 13.7 Å². The second-order valence-electron chi connectivity index (χ2n) is 3.40. The summed E-state index contributed by atoms with van der Waals surface area (Å²) in [5.41, 5.74) is 0. The van der Waals surface area contributed by atoms with Crippen LogP contribution in [-0.4, -0.2) is 32.1 Å². The van der Waals surface area contributed by atoms with E-state index in [0.717, 1.165) is 19.3 Å². The highest BCUT2D eigenvalue weighted by Crippen LogP contribution is 2.16. The fourth-order valence-electron chi connectivity index (χ4n) is 1.81. The van der Waals surface area contributed by atoms with E-state index in [1.807, 2.05) is 6.92 Å². The molecule has 0 radical (unpaired) electrons. The normalized spacial score (nSPS) is 28.3. The Hall–Kier alpha value is -0.410. The lowest BCUT2D eigenvalue weighted by atomic mass is 9.98. The zero-order valence-electron chi connectivity index (χ0n) is 7.75. The maximum atomic E-state index is 10.6. The summed E-state index contributed by atoms with van der Waals surface area (Å²) in [6.07, 6.45) is 3.33. The summed E-state index contributed by atoms with van der Waals surface area (Å²) in [6.45, 7) is 2.96. The largest absolute Gasteiger partial charge is 0.379 e. The van der Waals surface area contributed by atoms with Crippen molar-refractivity contribution in [1.29, 1.82) is 0 Å². The van der Waals surface area contributed by atoms with Gasteiger partial charge in [0, 0.05) is 19.1 Å². The summed E-state index contributed by atoms with van der Waals surface area (Å²) in [5, 5.41) is 3.34. The number of rotatable bonds is 4. The zero-order chi connectivity index (χ0) is 8.97. The highest BCUT2D eigenvalue weighted by molar-refractivity contribution is 5.54. The van der Waals surface area contributed by atoms with Gasteiger partial charge in [-0.25, -0.2) is 0 Å². The molecule has 0 amide bonds. The first-order chi connectivity index (χ1) is 5.79. The summed E-state index contributed by atoms with van der Waals surface area (Å²) in [4.78, 5) is 10.6. The van der Waals surface area contributed by atoms with E-state index in [9.17, 15) is 4.79 Å². The first kappa shape index (κ1) is 9.68. The van der Waals surface area contributed by atoms with Gasteiger partial charge in [-0.3, -0.25) is 0 Å². The molecule has 0 bridgehead atoms. The summed E-state index contributed by atoms with van der Waals surface area (Å²) < 4.78 is 5.29. The van der Waals surface area contributed by atoms with Gasteiger partial charge in [-0.2, -0.15) is 0 Å². The fraction of sp³-hybridized carbons (Fsp3) is 0.889. The minimum absolute atomic E-state index is 0.00870. The van der Waals surface area contributed by atoms with Crippen LogP contribution in [0.2, 0.25) is 0 Å². The number of ether oxygens (including phenoxy) is 1. The molecule has 0 aliphatic carbocycles. The third-order valence-electron chi connectivity index (χ3n) is 2.50. The first-order valence-corrected chi connectivity index (χ1v) is 4.51. The van der Waals surface area contributed by atoms with Crippen LogP contribution in [-0.2, 0) is 9.53 Å². The van der Waals surface area contributed by atoms with Gasteiger partial charge in [0.1, 0.15) is 6.29 Å². The molecule has 0 aromatic heterocycles. The summed E-state index contributed by atoms with van der Waals surface area (Å²) in [5.74, 6) is -0.00870. The van der Waals surface area contributed by atoms with Gasteiger partial charge in [-0.15, -0.1) is 0 Å². The van der Waals surface area contributed by atoms with Crippen LogP contribution in [0.1, 0.15) is 19.8 Å². The summed E-state index contributed by atoms with van der Waals surface area (Å²) >= 11 is 0. The van der Waals surface area contributed by atoms with Gasteiger partial charge in [0.2, 0.25) is 0 Å². The molecular weight excluding hydrogens is 154 g/mol. The lowest BCUT2D eigenvalue weighted by Crippen LogP contribution is -2.40. The Morgan fingerprint density at radius 1 is 1.67 bits per heavy atom. The maximum Gasteiger partial charge on any atom is 0.125 e. The molecule has 1 aliphatic rings. The minimum atomic E-state index is -0.00870. The third-order valence-corrected chi connectivity index (χ3v) is 2.50. The van der Waals surface area contributed by atoms with Crippen molar-refractivity contribution in [2.45, 2.75) is 31.9 Å². The summed E-state index contributed by atoms with van der Waals surface area (Å²) in [6, 6.07) is 0.371. The lowest BCUT2D eigenvalue weighted by molar-refractivity contribution is -0.115. The van der Waals surface area contributed by atoms with Gasteiger partial charge in [-0.1, -0.05) is 6.92 Å². The molecule has 0 spiro atoms. The average molecular weight is 171 g/mol. The van der Waals surface area contributed by atoms with Crippen molar-refractivity contribution < 1.29 is 9.53 Å². The molecule has 0 aromatic rings. The predicted octanol–water partition coefficient (Wildman–Crippen LogP) is 0.588. The van der Waals surface area contributed by atoms with Gasteiger partial charge >= 0.3 is 0 Å². The first-order valence-electron chi connectivity index (χ1n) is 4.51. The smallest absolute Gasteiger partial charge is 0.125 e. The van der Waals surface area contributed by atoms with Crippen molar-refractivity contribution in [3.8, 4) is 0 Å². The number of aldehydes is 1. The molecule has 1 saturated heterocycles. The van der Waals surface area contributed by atoms with Crippen LogP contribution in [0.5, 0.6) is 0 Å². The molecular formula is C9H17NO2. The van der Waals surface area contributed by atoms with Crippen molar-refractivity contribution >= 4 is 6.29 Å². The minimum Gasteiger partial charge on any atom is -0.379 e. The van der Waals surface area contributed by atoms with Crippen molar-refractivity contribution in [1.82, 2.24) is 5.32 Å². The van der Waals surface area contributed by atoms with E-state index in [-0.39, 0.29) is 12.0 Å². The number of methoxy groups -OCH3 is 1. The average Bonchev–Trinajstić information content (AvgIpc) is 2.58. The van der Waals surface area contributed by atoms with Gasteiger partial charge in [0.25, 0.3) is 0 Å². The second kappa shape index (κ2) is 4.58. The molecule has 1 N–H and O–H groups in total. The quantitative estimate of drug-likeness (QED) is 0.629. The van der Waals surface area contributed by atoms with Crippen LogP contribution in [0, 0.1) is 5.92 Å². The highest BCUT2D eigenvalue weighted by Gasteiger charge is 2.28. The molecule has 3 atom stereocenters. The zero-order valence-corrected chi connectivity index (χ0v) is 7.75. The molecule has 12 heavy (non-hydrogen) atoms. The van der Waals surface area contributed by atoms with Crippen LogP contribution >= 0.6 is 0 Å². The van der Waals surface area contributed by atoms with Crippen molar-refractivity contribution in [2.24, 2.45) is 5.92 Å². The molecule has 0 saturated carbocycles. The van der Waals surface area contributed by atoms with E-state index >= 15 is 0 Å². The molecule has 1 fully saturated rings. The monoisotopic (exact) mass is 171 g/mol. The number of nitrogens with one attached hydrogen (secondary N) is 1. The van der Waals surface area contributed by atoms with Crippen LogP contribution in [0.15, 0.2) is 0 Å². The van der Waals surface area contributed by atoms with Gasteiger partial charge < -0.3 is 14.8 Å². The van der Waals surface area contributed by atoms with Crippen LogP contribution in [0.4, 0.5) is 0 Å². The van der Waals surface area contributed by atoms with E-state index in [1.165, 1.54) is 6.42 Å². The Bertz CT molecular complexity index is 143. The number of hydrogen-bond donors (Lipinski definition) is 1. The lowest BCUT2D eigenvalue weighted by Gasteiger charge is -2.24. The Kier molecular flexibility index (Phi) is 3.69. The number of carbonyl (C=O) groups is 1. The Morgan fingerprint density at radius 3 is 2.83 bits per heavy atom. The molecule has 3 heteroatoms. The molecule has 0 unspecified atom stereocenters. The third kappa shape index (κ3) is 2.05. The van der Waals surface area contributed by atoms with Crippen LogP contribution in [0.25, 0.3) is 0 Å². The molecule has 1 aliphatic heterocycles. The van der Waals surface area contributed by atoms with E-state index in [4.69, 9.17) is 4.74 Å². The van der Waals surface area contributed by atoms with Crippen molar-refractivity contribution in [3.63, 3.8) is 0 Å². The van der Waals surface area contributed by atoms with Crippen molar-refractivity contribution in [3.05, 3.63) is 0 Å². The van der Waals surface area contributed by atoms with Crippen LogP contribution in [0.3, 0.4) is 0 Å². The van der Waals surface area contributed by atoms with E-state index in [0.29, 0.717) is 6.04 Å². The molecule has 1 rings (SSSR count). The van der Waals surface area contributed by atoms with Crippen LogP contribution < -0.4 is 5.32 Å². The Labute approximate surface area is 73.5 Å². The Balaban J connectivity index is 2.47. The van der Waals surface area contributed by atoms with E-state index < -0.39 is 0 Å². The second-order valence-corrected chi connectivity index (χ2v) is 3.40. The molecule has 0 aromatic carbocycles. The summed E-state index contributed by atoms with van der Waals surface area (Å²) in [7, 11) is 1.67. The van der Waals surface area contributed by atoms with E-state index in [1.54, 1.807) is 7.11 Å². The predicted molar refractivity (Wildman–Crippen MR) is 47.0 cm³/mol. The van der Waals surface area contributed by atoms with E-state index in [2.05, 4.69) is 5.32 Å². The maximum absolute atomic E-state index is 10.6. The topological polar surface area (TPSA) is 38.3 Å². The van der Waals surface area contributed by atoms with Gasteiger partial charge in [-0.05, 0) is 19.4 Å². The molecule has 3 nitrogen and oxygen atoms in total. The molecule has 70 valence electrons.